The Bertz CT molecular complexity index is 405. The average molecular weight is 238 g/mol. The summed E-state index contributed by atoms with van der Waals surface area (Å²) >= 11 is 0. The minimum atomic E-state index is -0.468. The molecule has 0 aromatic heterocycles. The molecule has 0 aliphatic heterocycles. The van der Waals surface area contributed by atoms with Crippen LogP contribution in [-0.4, -0.2) is 10.0 Å². The Morgan fingerprint density at radius 1 is 1.41 bits per heavy atom. The molecule has 0 aliphatic rings. The average Bonchev–Trinajstić information content (AvgIpc) is 2.25. The first-order chi connectivity index (χ1) is 7.91. The van der Waals surface area contributed by atoms with E-state index >= 15 is 0 Å². The number of nitrogens with zero attached hydrogens (tertiary/aromatic N) is 1. The van der Waals surface area contributed by atoms with Crippen LogP contribution < -0.4 is 5.73 Å². The van der Waals surface area contributed by atoms with Gasteiger partial charge < -0.3 is 10.8 Å². The van der Waals surface area contributed by atoms with Crippen LogP contribution in [0.2, 0.25) is 0 Å². The molecule has 0 bridgehead atoms. The largest absolute Gasteiger partial charge is 0.508 e. The Morgan fingerprint density at radius 2 is 2.06 bits per heavy atom. The number of nitro benzene ring substituents is 1. The number of aromatic hydroxyl groups is 1. The lowest BCUT2D eigenvalue weighted by atomic mass is 9.97. The fourth-order valence-corrected chi connectivity index (χ4v) is 1.67. The maximum absolute atomic E-state index is 10.8. The summed E-state index contributed by atoms with van der Waals surface area (Å²) in [6, 6.07) is 3.56. The van der Waals surface area contributed by atoms with Crippen LogP contribution in [0, 0.1) is 16.0 Å². The van der Waals surface area contributed by atoms with Gasteiger partial charge in [-0.3, -0.25) is 10.1 Å². The summed E-state index contributed by atoms with van der Waals surface area (Å²) in [5.74, 6) is 0.503. The number of hydrogen-bond acceptors (Lipinski definition) is 4. The van der Waals surface area contributed by atoms with Crippen molar-refractivity contribution in [3.63, 3.8) is 0 Å². The second-order valence-corrected chi connectivity index (χ2v) is 4.58. The van der Waals surface area contributed by atoms with E-state index in [1.54, 1.807) is 0 Å². The van der Waals surface area contributed by atoms with E-state index in [0.29, 0.717) is 17.9 Å². The van der Waals surface area contributed by atoms with Gasteiger partial charge in [0.15, 0.2) is 0 Å². The minimum absolute atomic E-state index is 0.00518. The monoisotopic (exact) mass is 238 g/mol. The molecular formula is C12H18N2O3. The summed E-state index contributed by atoms with van der Waals surface area (Å²) in [4.78, 5) is 10.4. The zero-order valence-electron chi connectivity index (χ0n) is 10.1. The highest BCUT2D eigenvalue weighted by Crippen LogP contribution is 2.30. The van der Waals surface area contributed by atoms with Crippen molar-refractivity contribution < 1.29 is 10.0 Å². The number of hydrogen-bond donors (Lipinski definition) is 2. The van der Waals surface area contributed by atoms with Gasteiger partial charge in [0.05, 0.1) is 10.5 Å². The van der Waals surface area contributed by atoms with E-state index in [1.165, 1.54) is 18.2 Å². The molecular weight excluding hydrogens is 220 g/mol. The first kappa shape index (κ1) is 13.4. The van der Waals surface area contributed by atoms with Gasteiger partial charge in [0.2, 0.25) is 0 Å². The molecule has 94 valence electrons. The van der Waals surface area contributed by atoms with Crippen LogP contribution >= 0.6 is 0 Å². The van der Waals surface area contributed by atoms with E-state index in [2.05, 4.69) is 13.8 Å². The standard InChI is InChI=1S/C12H18N2O3/c1-8(2)3-5-11(13)10-7-9(15)4-6-12(10)14(16)17/h4,6-8,11,15H,3,5,13H2,1-2H3/t11-/m0/s1. The van der Waals surface area contributed by atoms with Gasteiger partial charge in [0.25, 0.3) is 5.69 Å². The van der Waals surface area contributed by atoms with Crippen molar-refractivity contribution >= 4 is 5.69 Å². The SMILES string of the molecule is CC(C)CC[C@H](N)c1cc(O)ccc1[N+](=O)[O-]. The van der Waals surface area contributed by atoms with Gasteiger partial charge >= 0.3 is 0 Å². The van der Waals surface area contributed by atoms with Crippen molar-refractivity contribution in [3.8, 4) is 5.75 Å². The first-order valence-electron chi connectivity index (χ1n) is 5.64. The Hall–Kier alpha value is -1.62. The Morgan fingerprint density at radius 3 is 2.59 bits per heavy atom. The van der Waals surface area contributed by atoms with Crippen molar-refractivity contribution in [1.29, 1.82) is 0 Å². The lowest BCUT2D eigenvalue weighted by Crippen LogP contribution is -2.13. The molecule has 5 nitrogen and oxygen atoms in total. The highest BCUT2D eigenvalue weighted by atomic mass is 16.6. The zero-order chi connectivity index (χ0) is 13.0. The fourth-order valence-electron chi connectivity index (χ4n) is 1.67. The van der Waals surface area contributed by atoms with Crippen molar-refractivity contribution in [2.24, 2.45) is 11.7 Å². The summed E-state index contributed by atoms with van der Waals surface area (Å²) in [5.41, 5.74) is 6.31. The Balaban J connectivity index is 2.94. The predicted molar refractivity (Wildman–Crippen MR) is 65.8 cm³/mol. The molecule has 3 N–H and O–H groups in total. The summed E-state index contributed by atoms with van der Waals surface area (Å²) < 4.78 is 0. The molecule has 1 atom stereocenters. The van der Waals surface area contributed by atoms with E-state index in [1.807, 2.05) is 0 Å². The second kappa shape index (κ2) is 5.63. The number of nitrogens with two attached hydrogens (primary N) is 1. The highest BCUT2D eigenvalue weighted by molar-refractivity contribution is 5.46. The topological polar surface area (TPSA) is 89.4 Å². The third-order valence-electron chi connectivity index (χ3n) is 2.66. The lowest BCUT2D eigenvalue weighted by molar-refractivity contribution is -0.385. The fraction of sp³-hybridized carbons (Fsp3) is 0.500. The molecule has 0 heterocycles. The molecule has 0 spiro atoms. The number of rotatable bonds is 5. The Labute approximate surface area is 100 Å². The maximum Gasteiger partial charge on any atom is 0.274 e. The van der Waals surface area contributed by atoms with Crippen LogP contribution in [0.1, 0.15) is 38.3 Å². The van der Waals surface area contributed by atoms with Gasteiger partial charge in [-0.15, -0.1) is 0 Å². The third kappa shape index (κ3) is 3.71. The van der Waals surface area contributed by atoms with E-state index in [9.17, 15) is 15.2 Å². The zero-order valence-corrected chi connectivity index (χ0v) is 10.1. The summed E-state index contributed by atoms with van der Waals surface area (Å²) in [6.45, 7) is 4.15. The molecule has 0 saturated heterocycles. The van der Waals surface area contributed by atoms with Crippen LogP contribution in [0.4, 0.5) is 5.69 Å². The molecule has 0 saturated carbocycles. The van der Waals surface area contributed by atoms with Gasteiger partial charge in [-0.05, 0) is 30.9 Å². The summed E-state index contributed by atoms with van der Waals surface area (Å²) in [5, 5.41) is 20.2. The van der Waals surface area contributed by atoms with Crippen LogP contribution in [-0.2, 0) is 0 Å². The third-order valence-corrected chi connectivity index (χ3v) is 2.66. The van der Waals surface area contributed by atoms with E-state index < -0.39 is 11.0 Å². The maximum atomic E-state index is 10.8. The molecule has 0 aliphatic carbocycles. The molecule has 0 unspecified atom stereocenters. The highest BCUT2D eigenvalue weighted by Gasteiger charge is 2.19. The second-order valence-electron chi connectivity index (χ2n) is 4.58. The van der Waals surface area contributed by atoms with E-state index in [4.69, 9.17) is 5.73 Å². The molecule has 0 radical (unpaired) electrons. The lowest BCUT2D eigenvalue weighted by Gasteiger charge is -2.13. The van der Waals surface area contributed by atoms with Crippen molar-refractivity contribution in [3.05, 3.63) is 33.9 Å². The van der Waals surface area contributed by atoms with Crippen molar-refractivity contribution in [1.82, 2.24) is 0 Å². The number of nitro groups is 1. The predicted octanol–water partition coefficient (Wildman–Crippen LogP) is 2.74. The van der Waals surface area contributed by atoms with Crippen molar-refractivity contribution in [2.45, 2.75) is 32.7 Å². The molecule has 1 rings (SSSR count). The minimum Gasteiger partial charge on any atom is -0.508 e. The van der Waals surface area contributed by atoms with Crippen LogP contribution in [0.15, 0.2) is 18.2 Å². The smallest absolute Gasteiger partial charge is 0.274 e. The van der Waals surface area contributed by atoms with Gasteiger partial charge in [-0.25, -0.2) is 0 Å². The van der Waals surface area contributed by atoms with Crippen LogP contribution in [0.5, 0.6) is 5.75 Å². The molecule has 5 heteroatoms. The first-order valence-corrected chi connectivity index (χ1v) is 5.64. The summed E-state index contributed by atoms with van der Waals surface area (Å²) in [7, 11) is 0. The van der Waals surface area contributed by atoms with Gasteiger partial charge in [0.1, 0.15) is 5.75 Å². The van der Waals surface area contributed by atoms with Crippen LogP contribution in [0.25, 0.3) is 0 Å². The quantitative estimate of drug-likeness (QED) is 0.609. The number of phenols is 1. The van der Waals surface area contributed by atoms with E-state index in [-0.39, 0.29) is 11.4 Å². The molecule has 1 aromatic carbocycles. The van der Waals surface area contributed by atoms with Crippen LogP contribution in [0.3, 0.4) is 0 Å². The van der Waals surface area contributed by atoms with E-state index in [0.717, 1.165) is 6.42 Å². The van der Waals surface area contributed by atoms with Gasteiger partial charge in [-0.1, -0.05) is 13.8 Å². The van der Waals surface area contributed by atoms with Gasteiger partial charge in [-0.2, -0.15) is 0 Å². The molecule has 0 amide bonds. The van der Waals surface area contributed by atoms with Gasteiger partial charge in [0, 0.05) is 12.1 Å². The number of benzene rings is 1. The molecule has 1 aromatic rings. The normalized spacial score (nSPS) is 12.7. The Kier molecular flexibility index (Phi) is 4.45. The number of phenolic OH excluding ortho intramolecular Hbond substituents is 1. The molecule has 0 fully saturated rings. The summed E-state index contributed by atoms with van der Waals surface area (Å²) in [6.07, 6.45) is 1.57. The molecule has 17 heavy (non-hydrogen) atoms. The van der Waals surface area contributed by atoms with Crippen molar-refractivity contribution in [2.75, 3.05) is 0 Å².